The van der Waals surface area contributed by atoms with Crippen molar-refractivity contribution in [2.24, 2.45) is 0 Å². The van der Waals surface area contributed by atoms with Gasteiger partial charge >= 0.3 is 5.97 Å². The van der Waals surface area contributed by atoms with Crippen molar-refractivity contribution in [3.8, 4) is 6.07 Å². The summed E-state index contributed by atoms with van der Waals surface area (Å²) in [5, 5.41) is 18.4. The summed E-state index contributed by atoms with van der Waals surface area (Å²) in [6.45, 7) is 2.40. The Bertz CT molecular complexity index is 492. The van der Waals surface area contributed by atoms with Crippen LogP contribution in [-0.4, -0.2) is 23.2 Å². The molecule has 2 rings (SSSR count). The Hall–Kier alpha value is -2.02. The van der Waals surface area contributed by atoms with Crippen molar-refractivity contribution in [1.29, 1.82) is 5.26 Å². The predicted octanol–water partition coefficient (Wildman–Crippen LogP) is 2.00. The van der Waals surface area contributed by atoms with Crippen LogP contribution in [0.4, 0.5) is 5.69 Å². The minimum absolute atomic E-state index is 0.530. The summed E-state index contributed by atoms with van der Waals surface area (Å²) in [5.41, 5.74) is 0.353. The zero-order valence-corrected chi connectivity index (χ0v) is 9.68. The summed E-state index contributed by atoms with van der Waals surface area (Å²) in [6.07, 6.45) is 1.45. The summed E-state index contributed by atoms with van der Waals surface area (Å²) < 4.78 is 0. The van der Waals surface area contributed by atoms with Crippen molar-refractivity contribution >= 4 is 11.7 Å². The number of anilines is 1. The molecule has 0 bridgehead atoms. The lowest BCUT2D eigenvalue weighted by atomic mass is 9.98. The maximum atomic E-state index is 11.4. The minimum atomic E-state index is -0.896. The van der Waals surface area contributed by atoms with Gasteiger partial charge in [-0.1, -0.05) is 12.1 Å². The van der Waals surface area contributed by atoms with Crippen LogP contribution in [0, 0.1) is 11.3 Å². The van der Waals surface area contributed by atoms with E-state index in [1.807, 2.05) is 17.0 Å². The van der Waals surface area contributed by atoms with E-state index in [9.17, 15) is 9.90 Å². The Labute approximate surface area is 100 Å². The first-order valence-corrected chi connectivity index (χ1v) is 5.60. The molecule has 0 amide bonds. The molecule has 1 atom stereocenters. The van der Waals surface area contributed by atoms with E-state index in [0.717, 1.165) is 12.1 Å². The third-order valence-electron chi connectivity index (χ3n) is 3.42. The molecule has 1 aromatic carbocycles. The topological polar surface area (TPSA) is 64.3 Å². The van der Waals surface area contributed by atoms with Crippen molar-refractivity contribution < 1.29 is 9.90 Å². The van der Waals surface area contributed by atoms with Gasteiger partial charge in [-0.05, 0) is 31.9 Å². The molecule has 1 aliphatic rings. The SMILES string of the molecule is CC1(C(=O)O)CCCN1c1ccccc1C#N. The molecule has 1 N–H and O–H groups in total. The molecule has 1 aromatic rings. The Morgan fingerprint density at radius 3 is 2.88 bits per heavy atom. The number of para-hydroxylation sites is 1. The highest BCUT2D eigenvalue weighted by Crippen LogP contribution is 2.35. The molecular weight excluding hydrogens is 216 g/mol. The molecule has 1 unspecified atom stereocenters. The van der Waals surface area contributed by atoms with Gasteiger partial charge in [0.25, 0.3) is 0 Å². The first kappa shape index (κ1) is 11.5. The van der Waals surface area contributed by atoms with E-state index in [2.05, 4.69) is 6.07 Å². The Kier molecular flexibility index (Phi) is 2.76. The van der Waals surface area contributed by atoms with Gasteiger partial charge in [0.15, 0.2) is 0 Å². The molecule has 1 heterocycles. The van der Waals surface area contributed by atoms with E-state index in [-0.39, 0.29) is 0 Å². The van der Waals surface area contributed by atoms with Crippen molar-refractivity contribution in [3.63, 3.8) is 0 Å². The maximum absolute atomic E-state index is 11.4. The molecule has 0 aliphatic carbocycles. The molecule has 0 saturated carbocycles. The molecule has 0 aromatic heterocycles. The van der Waals surface area contributed by atoms with E-state index in [1.165, 1.54) is 0 Å². The van der Waals surface area contributed by atoms with Crippen molar-refractivity contribution in [1.82, 2.24) is 0 Å². The van der Waals surface area contributed by atoms with Crippen molar-refractivity contribution in [2.75, 3.05) is 11.4 Å². The normalized spacial score (nSPS) is 23.4. The second kappa shape index (κ2) is 4.10. The number of carboxylic acid groups (broad SMARTS) is 1. The number of benzene rings is 1. The number of carbonyl (C=O) groups is 1. The van der Waals surface area contributed by atoms with Crippen LogP contribution in [0.15, 0.2) is 24.3 Å². The van der Waals surface area contributed by atoms with E-state index in [4.69, 9.17) is 5.26 Å². The number of rotatable bonds is 2. The Balaban J connectivity index is 2.47. The number of carboxylic acids is 1. The molecule has 0 radical (unpaired) electrons. The molecule has 4 heteroatoms. The second-order valence-corrected chi connectivity index (χ2v) is 4.46. The number of aliphatic carboxylic acids is 1. The van der Waals surface area contributed by atoms with Crippen molar-refractivity contribution in [2.45, 2.75) is 25.3 Å². The third-order valence-corrected chi connectivity index (χ3v) is 3.42. The first-order valence-electron chi connectivity index (χ1n) is 5.60. The average Bonchev–Trinajstić information content (AvgIpc) is 2.72. The summed E-state index contributed by atoms with van der Waals surface area (Å²) in [7, 11) is 0. The highest BCUT2D eigenvalue weighted by atomic mass is 16.4. The van der Waals surface area contributed by atoms with Crippen LogP contribution >= 0.6 is 0 Å². The molecule has 1 aliphatic heterocycles. The van der Waals surface area contributed by atoms with E-state index < -0.39 is 11.5 Å². The lowest BCUT2D eigenvalue weighted by molar-refractivity contribution is -0.142. The lowest BCUT2D eigenvalue weighted by Crippen LogP contribution is -2.48. The fraction of sp³-hybridized carbons (Fsp3) is 0.385. The van der Waals surface area contributed by atoms with Gasteiger partial charge in [-0.3, -0.25) is 0 Å². The number of hydrogen-bond acceptors (Lipinski definition) is 3. The first-order chi connectivity index (χ1) is 8.09. The monoisotopic (exact) mass is 230 g/mol. The standard InChI is InChI=1S/C13H14N2O2/c1-13(12(16)17)7-4-8-15(13)11-6-3-2-5-10(11)9-14/h2-3,5-6H,4,7-8H2,1H3,(H,16,17). The number of nitrogens with zero attached hydrogens (tertiary/aromatic N) is 2. The highest BCUT2D eigenvalue weighted by Gasteiger charge is 2.44. The van der Waals surface area contributed by atoms with Gasteiger partial charge in [-0.2, -0.15) is 5.26 Å². The van der Waals surface area contributed by atoms with Crippen LogP contribution in [0.5, 0.6) is 0 Å². The maximum Gasteiger partial charge on any atom is 0.329 e. The van der Waals surface area contributed by atoms with Crippen molar-refractivity contribution in [3.05, 3.63) is 29.8 Å². The zero-order chi connectivity index (χ0) is 12.5. The third kappa shape index (κ3) is 1.74. The molecule has 0 spiro atoms. The van der Waals surface area contributed by atoms with Crippen LogP contribution in [0.1, 0.15) is 25.3 Å². The Morgan fingerprint density at radius 2 is 2.24 bits per heavy atom. The Morgan fingerprint density at radius 1 is 1.53 bits per heavy atom. The van der Waals surface area contributed by atoms with Gasteiger partial charge in [0.2, 0.25) is 0 Å². The van der Waals surface area contributed by atoms with Gasteiger partial charge < -0.3 is 10.0 Å². The molecule has 4 nitrogen and oxygen atoms in total. The van der Waals surface area contributed by atoms with Gasteiger partial charge in [-0.25, -0.2) is 4.79 Å². The molecule has 88 valence electrons. The van der Waals surface area contributed by atoms with Crippen LogP contribution in [0.3, 0.4) is 0 Å². The van der Waals surface area contributed by atoms with Gasteiger partial charge in [0.1, 0.15) is 11.6 Å². The zero-order valence-electron chi connectivity index (χ0n) is 9.68. The number of hydrogen-bond donors (Lipinski definition) is 1. The fourth-order valence-electron chi connectivity index (χ4n) is 2.38. The average molecular weight is 230 g/mol. The van der Waals surface area contributed by atoms with Gasteiger partial charge in [0.05, 0.1) is 11.3 Å². The summed E-state index contributed by atoms with van der Waals surface area (Å²) in [5.74, 6) is -0.831. The molecule has 1 saturated heterocycles. The van der Waals surface area contributed by atoms with Gasteiger partial charge in [-0.15, -0.1) is 0 Å². The minimum Gasteiger partial charge on any atom is -0.480 e. The smallest absolute Gasteiger partial charge is 0.329 e. The summed E-state index contributed by atoms with van der Waals surface area (Å²) in [4.78, 5) is 13.2. The molecule has 1 fully saturated rings. The van der Waals surface area contributed by atoms with E-state index in [0.29, 0.717) is 18.5 Å². The summed E-state index contributed by atoms with van der Waals surface area (Å²) >= 11 is 0. The number of nitriles is 1. The largest absolute Gasteiger partial charge is 0.480 e. The van der Waals surface area contributed by atoms with E-state index >= 15 is 0 Å². The lowest BCUT2D eigenvalue weighted by Gasteiger charge is -2.33. The molecule has 17 heavy (non-hydrogen) atoms. The van der Waals surface area contributed by atoms with Crippen LogP contribution in [0.2, 0.25) is 0 Å². The molecular formula is C13H14N2O2. The predicted molar refractivity (Wildman–Crippen MR) is 63.8 cm³/mol. The quantitative estimate of drug-likeness (QED) is 0.844. The van der Waals surface area contributed by atoms with Crippen LogP contribution in [0.25, 0.3) is 0 Å². The van der Waals surface area contributed by atoms with Crippen LogP contribution < -0.4 is 4.90 Å². The highest BCUT2D eigenvalue weighted by molar-refractivity contribution is 5.84. The van der Waals surface area contributed by atoms with Crippen LogP contribution in [-0.2, 0) is 4.79 Å². The van der Waals surface area contributed by atoms with Gasteiger partial charge in [0, 0.05) is 6.54 Å². The summed E-state index contributed by atoms with van der Waals surface area (Å²) in [6, 6.07) is 9.26. The second-order valence-electron chi connectivity index (χ2n) is 4.46. The van der Waals surface area contributed by atoms with E-state index in [1.54, 1.807) is 19.1 Å². The fourth-order valence-corrected chi connectivity index (χ4v) is 2.38.